The first-order valence-electron chi connectivity index (χ1n) is 8.96. The normalized spacial score (nSPS) is 12.0. The minimum absolute atomic E-state index is 0.0928. The summed E-state index contributed by atoms with van der Waals surface area (Å²) in [6.07, 6.45) is 0. The van der Waals surface area contributed by atoms with Gasteiger partial charge < -0.3 is 10.6 Å². The number of nitrogens with zero attached hydrogens (tertiary/aromatic N) is 2. The predicted molar refractivity (Wildman–Crippen MR) is 115 cm³/mol. The summed E-state index contributed by atoms with van der Waals surface area (Å²) >= 11 is 12.2. The van der Waals surface area contributed by atoms with E-state index in [9.17, 15) is 4.79 Å². The molecule has 2 N–H and O–H groups in total. The molecule has 0 bridgehead atoms. The van der Waals surface area contributed by atoms with Crippen molar-refractivity contribution in [2.45, 2.75) is 26.8 Å². The maximum atomic E-state index is 12.5. The number of nitrogens with one attached hydrogen (secondary N) is 2. The average molecular weight is 417 g/mol. The van der Waals surface area contributed by atoms with Crippen LogP contribution >= 0.6 is 23.2 Å². The summed E-state index contributed by atoms with van der Waals surface area (Å²) in [6, 6.07) is 15.1. The number of amides is 1. The number of aryl methyl sites for hydroxylation is 1. The van der Waals surface area contributed by atoms with Crippen LogP contribution in [0.3, 0.4) is 0 Å². The topological polar surface area (TPSA) is 59.0 Å². The lowest BCUT2D eigenvalue weighted by Gasteiger charge is -2.16. The van der Waals surface area contributed by atoms with E-state index in [1.807, 2.05) is 61.9 Å². The van der Waals surface area contributed by atoms with Crippen LogP contribution in [0.4, 0.5) is 5.69 Å². The lowest BCUT2D eigenvalue weighted by atomic mass is 10.1. The minimum Gasteiger partial charge on any atom is -0.322 e. The first kappa shape index (κ1) is 20.4. The van der Waals surface area contributed by atoms with Crippen molar-refractivity contribution in [3.05, 3.63) is 75.5 Å². The van der Waals surface area contributed by atoms with E-state index >= 15 is 0 Å². The van der Waals surface area contributed by atoms with E-state index in [2.05, 4.69) is 15.7 Å². The Morgan fingerprint density at radius 1 is 1.14 bits per heavy atom. The molecule has 146 valence electrons. The molecule has 5 nitrogen and oxygen atoms in total. The number of anilines is 1. The Balaban J connectivity index is 1.66. The van der Waals surface area contributed by atoms with Crippen LogP contribution in [0.1, 0.15) is 29.9 Å². The van der Waals surface area contributed by atoms with Gasteiger partial charge in [-0.25, -0.2) is 4.68 Å². The number of hydrogen-bond donors (Lipinski definition) is 2. The van der Waals surface area contributed by atoms with E-state index in [-0.39, 0.29) is 18.5 Å². The molecule has 7 heteroatoms. The van der Waals surface area contributed by atoms with Gasteiger partial charge in [0.05, 0.1) is 29.3 Å². The monoisotopic (exact) mass is 416 g/mol. The third kappa shape index (κ3) is 4.55. The molecule has 0 saturated carbocycles. The molecular weight excluding hydrogens is 395 g/mol. The lowest BCUT2D eigenvalue weighted by Crippen LogP contribution is -2.30. The molecule has 0 fully saturated rings. The van der Waals surface area contributed by atoms with Crippen molar-refractivity contribution in [1.29, 1.82) is 0 Å². The van der Waals surface area contributed by atoms with Crippen LogP contribution in [0.25, 0.3) is 5.69 Å². The fourth-order valence-electron chi connectivity index (χ4n) is 3.04. The highest BCUT2D eigenvalue weighted by atomic mass is 35.5. The number of carbonyl (C=O) groups is 1. The molecule has 1 amide bonds. The fraction of sp³-hybridized carbons (Fsp3) is 0.238. The van der Waals surface area contributed by atoms with E-state index in [1.54, 1.807) is 12.1 Å². The SMILES string of the molecule is Cc1nn(-c2ccccc2)c(C)c1NC(=O)CNC(C)c1ccc(Cl)cc1Cl. The van der Waals surface area contributed by atoms with Gasteiger partial charge in [-0.2, -0.15) is 5.10 Å². The van der Waals surface area contributed by atoms with Crippen molar-refractivity contribution in [1.82, 2.24) is 15.1 Å². The summed E-state index contributed by atoms with van der Waals surface area (Å²) in [5, 5.41) is 11.9. The van der Waals surface area contributed by atoms with Crippen LogP contribution in [0, 0.1) is 13.8 Å². The Kier molecular flexibility index (Phi) is 6.39. The number of para-hydroxylation sites is 1. The highest BCUT2D eigenvalue weighted by Crippen LogP contribution is 2.26. The third-order valence-corrected chi connectivity index (χ3v) is 5.12. The highest BCUT2D eigenvalue weighted by Gasteiger charge is 2.16. The molecule has 3 aromatic rings. The second-order valence-electron chi connectivity index (χ2n) is 6.61. The maximum absolute atomic E-state index is 12.5. The minimum atomic E-state index is -0.143. The van der Waals surface area contributed by atoms with Gasteiger partial charge in [-0.1, -0.05) is 47.5 Å². The second-order valence-corrected chi connectivity index (χ2v) is 7.45. The number of hydrogen-bond acceptors (Lipinski definition) is 3. The molecule has 0 radical (unpaired) electrons. The quantitative estimate of drug-likeness (QED) is 0.588. The molecule has 0 aliphatic rings. The van der Waals surface area contributed by atoms with E-state index in [1.165, 1.54) is 0 Å². The van der Waals surface area contributed by atoms with Crippen molar-refractivity contribution in [2.24, 2.45) is 0 Å². The standard InChI is InChI=1S/C21H22Cl2N4O/c1-13(18-10-9-16(22)11-19(18)23)24-12-20(28)25-21-14(2)26-27(15(21)3)17-7-5-4-6-8-17/h4-11,13,24H,12H2,1-3H3,(H,25,28). The van der Waals surface area contributed by atoms with Crippen LogP contribution < -0.4 is 10.6 Å². The van der Waals surface area contributed by atoms with Gasteiger partial charge in [0.2, 0.25) is 5.91 Å². The summed E-state index contributed by atoms with van der Waals surface area (Å²) in [5.41, 5.74) is 4.22. The number of rotatable bonds is 6. The molecule has 0 aliphatic heterocycles. The Bertz CT molecular complexity index is 986. The predicted octanol–water partition coefficient (Wildman–Crippen LogP) is 5.09. The summed E-state index contributed by atoms with van der Waals surface area (Å²) < 4.78 is 1.83. The van der Waals surface area contributed by atoms with Gasteiger partial charge in [0, 0.05) is 16.1 Å². The molecule has 28 heavy (non-hydrogen) atoms. The summed E-state index contributed by atoms with van der Waals surface area (Å²) in [7, 11) is 0. The van der Waals surface area contributed by atoms with Gasteiger partial charge in [0.15, 0.2) is 0 Å². The molecule has 2 aromatic carbocycles. The van der Waals surface area contributed by atoms with E-state index in [4.69, 9.17) is 23.2 Å². The molecule has 0 aliphatic carbocycles. The zero-order chi connectivity index (χ0) is 20.3. The molecule has 0 saturated heterocycles. The van der Waals surface area contributed by atoms with Crippen LogP contribution in [-0.2, 0) is 4.79 Å². The smallest absolute Gasteiger partial charge is 0.238 e. The molecule has 1 atom stereocenters. The molecule has 1 heterocycles. The Hall–Kier alpha value is -2.34. The van der Waals surface area contributed by atoms with Crippen molar-refractivity contribution in [3.8, 4) is 5.69 Å². The van der Waals surface area contributed by atoms with Gasteiger partial charge in [0.25, 0.3) is 0 Å². The van der Waals surface area contributed by atoms with Crippen molar-refractivity contribution < 1.29 is 4.79 Å². The molecule has 1 aromatic heterocycles. The van der Waals surface area contributed by atoms with Crippen molar-refractivity contribution in [3.63, 3.8) is 0 Å². The highest BCUT2D eigenvalue weighted by molar-refractivity contribution is 6.35. The Morgan fingerprint density at radius 3 is 2.54 bits per heavy atom. The summed E-state index contributed by atoms with van der Waals surface area (Å²) in [5.74, 6) is -0.143. The largest absolute Gasteiger partial charge is 0.322 e. The summed E-state index contributed by atoms with van der Waals surface area (Å²) in [6.45, 7) is 5.92. The average Bonchev–Trinajstić information content (AvgIpc) is 2.95. The fourth-order valence-corrected chi connectivity index (χ4v) is 3.61. The number of halogens is 2. The van der Waals surface area contributed by atoms with Crippen LogP contribution in [0.5, 0.6) is 0 Å². The second kappa shape index (κ2) is 8.78. The van der Waals surface area contributed by atoms with E-state index in [0.29, 0.717) is 10.0 Å². The van der Waals surface area contributed by atoms with Crippen LogP contribution in [0.15, 0.2) is 48.5 Å². The van der Waals surface area contributed by atoms with Crippen molar-refractivity contribution in [2.75, 3.05) is 11.9 Å². The zero-order valence-electron chi connectivity index (χ0n) is 16.0. The Labute approximate surface area is 174 Å². The molecular formula is C21H22Cl2N4O. The van der Waals surface area contributed by atoms with Crippen LogP contribution in [-0.4, -0.2) is 22.2 Å². The van der Waals surface area contributed by atoms with Gasteiger partial charge in [-0.15, -0.1) is 0 Å². The molecule has 3 rings (SSSR count). The molecule has 1 unspecified atom stereocenters. The number of carbonyl (C=O) groups excluding carboxylic acids is 1. The van der Waals surface area contributed by atoms with Gasteiger partial charge in [0.1, 0.15) is 0 Å². The van der Waals surface area contributed by atoms with E-state index in [0.717, 1.165) is 28.3 Å². The van der Waals surface area contributed by atoms with Crippen molar-refractivity contribution >= 4 is 34.8 Å². The lowest BCUT2D eigenvalue weighted by molar-refractivity contribution is -0.115. The van der Waals surface area contributed by atoms with E-state index < -0.39 is 0 Å². The first-order valence-corrected chi connectivity index (χ1v) is 9.72. The summed E-state index contributed by atoms with van der Waals surface area (Å²) in [4.78, 5) is 12.5. The maximum Gasteiger partial charge on any atom is 0.238 e. The number of benzene rings is 2. The number of aromatic nitrogens is 2. The van der Waals surface area contributed by atoms with Crippen LogP contribution in [0.2, 0.25) is 10.0 Å². The molecule has 0 spiro atoms. The Morgan fingerprint density at radius 2 is 1.86 bits per heavy atom. The van der Waals surface area contributed by atoms with Gasteiger partial charge in [-0.3, -0.25) is 4.79 Å². The third-order valence-electron chi connectivity index (χ3n) is 4.55. The zero-order valence-corrected chi connectivity index (χ0v) is 17.5. The van der Waals surface area contributed by atoms with Gasteiger partial charge in [-0.05, 0) is 50.6 Å². The van der Waals surface area contributed by atoms with Gasteiger partial charge >= 0.3 is 0 Å². The first-order chi connectivity index (χ1) is 13.4.